The van der Waals surface area contributed by atoms with Crippen LogP contribution in [0.1, 0.15) is 37.0 Å². The van der Waals surface area contributed by atoms with Crippen LogP contribution in [0.4, 0.5) is 11.5 Å². The standard InChI is InChI=1S/C30H31ClN4O7S/c1-30(2,3)19-10-13-22(14-11-19)43(38,39)35-26-25(42-24-18-21(40-4)12-15-23(24)31)29(41-17-16-36)34-27(33-26)28(37)32-20-8-6-5-7-9-20/h5-15,18,36H,16-17H2,1-4H3,(H,32,37)(H,33,34,35). The fraction of sp³-hybridized carbons (Fsp3) is 0.233. The molecule has 4 aromatic rings. The Labute approximate surface area is 254 Å². The summed E-state index contributed by atoms with van der Waals surface area (Å²) in [6.07, 6.45) is 0. The molecule has 4 rings (SSSR count). The van der Waals surface area contributed by atoms with E-state index in [1.54, 1.807) is 48.5 Å². The average Bonchev–Trinajstić information content (AvgIpc) is 2.98. The molecule has 0 bridgehead atoms. The predicted octanol–water partition coefficient (Wildman–Crippen LogP) is 5.65. The molecule has 11 nitrogen and oxygen atoms in total. The molecule has 226 valence electrons. The fourth-order valence-electron chi connectivity index (χ4n) is 3.76. The number of ether oxygens (including phenoxy) is 3. The Morgan fingerprint density at radius 1 is 1.00 bits per heavy atom. The van der Waals surface area contributed by atoms with E-state index in [9.17, 15) is 18.3 Å². The van der Waals surface area contributed by atoms with Crippen molar-refractivity contribution in [3.8, 4) is 23.1 Å². The molecule has 0 spiro atoms. The third-order valence-electron chi connectivity index (χ3n) is 6.01. The number of nitrogens with one attached hydrogen (secondary N) is 2. The maximum atomic E-state index is 13.6. The molecule has 0 atom stereocenters. The van der Waals surface area contributed by atoms with E-state index < -0.39 is 34.2 Å². The van der Waals surface area contributed by atoms with E-state index in [4.69, 9.17) is 25.8 Å². The topological polar surface area (TPSA) is 149 Å². The van der Waals surface area contributed by atoms with E-state index in [1.165, 1.54) is 31.4 Å². The van der Waals surface area contributed by atoms with Gasteiger partial charge in [0.25, 0.3) is 21.8 Å². The van der Waals surface area contributed by atoms with Crippen molar-refractivity contribution in [2.24, 2.45) is 0 Å². The summed E-state index contributed by atoms with van der Waals surface area (Å²) in [5.41, 5.74) is 1.20. The van der Waals surface area contributed by atoms with Gasteiger partial charge in [-0.2, -0.15) is 4.98 Å². The van der Waals surface area contributed by atoms with Crippen LogP contribution in [-0.2, 0) is 15.4 Å². The molecular formula is C30H31ClN4O7S. The summed E-state index contributed by atoms with van der Waals surface area (Å²) < 4.78 is 46.4. The average molecular weight is 627 g/mol. The highest BCUT2D eigenvalue weighted by atomic mass is 35.5. The number of benzene rings is 3. The minimum absolute atomic E-state index is 0.0578. The van der Waals surface area contributed by atoms with Crippen molar-refractivity contribution in [2.45, 2.75) is 31.1 Å². The zero-order valence-electron chi connectivity index (χ0n) is 23.9. The fourth-order valence-corrected chi connectivity index (χ4v) is 4.92. The number of aromatic nitrogens is 2. The lowest BCUT2D eigenvalue weighted by atomic mass is 9.87. The van der Waals surface area contributed by atoms with Gasteiger partial charge >= 0.3 is 0 Å². The quantitative estimate of drug-likeness (QED) is 0.192. The summed E-state index contributed by atoms with van der Waals surface area (Å²) in [6, 6.07) is 19.5. The van der Waals surface area contributed by atoms with Gasteiger partial charge in [0, 0.05) is 11.8 Å². The Kier molecular flexibility index (Phi) is 9.74. The van der Waals surface area contributed by atoms with Crippen LogP contribution in [0.5, 0.6) is 23.1 Å². The first-order chi connectivity index (χ1) is 20.4. The van der Waals surface area contributed by atoms with Gasteiger partial charge < -0.3 is 24.6 Å². The summed E-state index contributed by atoms with van der Waals surface area (Å²) in [5, 5.41) is 12.3. The zero-order valence-corrected chi connectivity index (χ0v) is 25.5. The molecule has 0 unspecified atom stereocenters. The molecule has 3 N–H and O–H groups in total. The van der Waals surface area contributed by atoms with Crippen LogP contribution < -0.4 is 24.2 Å². The number of nitrogens with zero attached hydrogens (tertiary/aromatic N) is 2. The van der Waals surface area contributed by atoms with E-state index >= 15 is 0 Å². The number of anilines is 2. The van der Waals surface area contributed by atoms with Gasteiger partial charge in [-0.25, -0.2) is 13.4 Å². The molecule has 0 aliphatic carbocycles. The molecule has 1 amide bonds. The summed E-state index contributed by atoms with van der Waals surface area (Å²) in [7, 11) is -2.81. The molecule has 0 saturated heterocycles. The van der Waals surface area contributed by atoms with Crippen molar-refractivity contribution in [3.05, 3.63) is 89.2 Å². The number of aliphatic hydroxyl groups is 1. The van der Waals surface area contributed by atoms with E-state index in [-0.39, 0.29) is 39.3 Å². The van der Waals surface area contributed by atoms with E-state index in [0.29, 0.717) is 11.4 Å². The van der Waals surface area contributed by atoms with Crippen LogP contribution in [0, 0.1) is 0 Å². The maximum Gasteiger partial charge on any atom is 0.293 e. The second kappa shape index (κ2) is 13.3. The Balaban J connectivity index is 1.83. The Bertz CT molecular complexity index is 1690. The number of hydrogen-bond acceptors (Lipinski definition) is 9. The number of aliphatic hydroxyl groups excluding tert-OH is 1. The smallest absolute Gasteiger partial charge is 0.293 e. The molecule has 1 aromatic heterocycles. The highest BCUT2D eigenvalue weighted by Crippen LogP contribution is 2.41. The molecule has 43 heavy (non-hydrogen) atoms. The molecule has 0 aliphatic heterocycles. The normalized spacial score (nSPS) is 11.5. The molecule has 0 radical (unpaired) electrons. The largest absolute Gasteiger partial charge is 0.497 e. The van der Waals surface area contributed by atoms with Crippen molar-refractivity contribution in [1.29, 1.82) is 0 Å². The van der Waals surface area contributed by atoms with Crippen molar-refractivity contribution >= 4 is 39.0 Å². The maximum absolute atomic E-state index is 13.6. The van der Waals surface area contributed by atoms with Crippen LogP contribution >= 0.6 is 11.6 Å². The van der Waals surface area contributed by atoms with Gasteiger partial charge in [-0.1, -0.05) is 62.7 Å². The van der Waals surface area contributed by atoms with Gasteiger partial charge in [0.1, 0.15) is 18.1 Å². The number of halogens is 1. The molecule has 1 heterocycles. The molecule has 0 fully saturated rings. The van der Waals surface area contributed by atoms with Gasteiger partial charge in [-0.15, -0.1) is 0 Å². The number of sulfonamides is 1. The Morgan fingerprint density at radius 3 is 2.33 bits per heavy atom. The SMILES string of the molecule is COc1ccc(Cl)c(Oc2c(NS(=O)(=O)c3ccc(C(C)(C)C)cc3)nc(C(=O)Nc3ccccc3)nc2OCCO)c1. The number of carbonyl (C=O) groups excluding carboxylic acids is 1. The second-order valence-electron chi connectivity index (χ2n) is 10.2. The van der Waals surface area contributed by atoms with Gasteiger partial charge in [-0.3, -0.25) is 9.52 Å². The lowest BCUT2D eigenvalue weighted by Gasteiger charge is -2.20. The Morgan fingerprint density at radius 2 is 1.70 bits per heavy atom. The summed E-state index contributed by atoms with van der Waals surface area (Å²) in [6.45, 7) is 5.38. The number of methoxy groups -OCH3 is 1. The first kappa shape index (κ1) is 31.5. The molecule has 0 saturated carbocycles. The van der Waals surface area contributed by atoms with Crippen LogP contribution in [-0.4, -0.2) is 49.7 Å². The van der Waals surface area contributed by atoms with Crippen LogP contribution in [0.15, 0.2) is 77.7 Å². The molecule has 3 aromatic carbocycles. The number of hydrogen-bond donors (Lipinski definition) is 3. The molecule has 0 aliphatic rings. The highest BCUT2D eigenvalue weighted by molar-refractivity contribution is 7.92. The highest BCUT2D eigenvalue weighted by Gasteiger charge is 2.27. The third kappa shape index (κ3) is 7.92. The lowest BCUT2D eigenvalue weighted by Crippen LogP contribution is -2.21. The zero-order chi connectivity index (χ0) is 31.2. The summed E-state index contributed by atoms with van der Waals surface area (Å²) in [4.78, 5) is 21.5. The van der Waals surface area contributed by atoms with E-state index in [0.717, 1.165) is 5.56 Å². The third-order valence-corrected chi connectivity index (χ3v) is 7.68. The second-order valence-corrected chi connectivity index (χ2v) is 12.3. The van der Waals surface area contributed by atoms with Gasteiger partial charge in [0.2, 0.25) is 11.6 Å². The van der Waals surface area contributed by atoms with Crippen LogP contribution in [0.3, 0.4) is 0 Å². The van der Waals surface area contributed by atoms with Crippen molar-refractivity contribution < 1.29 is 32.5 Å². The van der Waals surface area contributed by atoms with Crippen molar-refractivity contribution in [2.75, 3.05) is 30.4 Å². The number of carbonyl (C=O) groups is 1. The first-order valence-corrected chi connectivity index (χ1v) is 14.9. The van der Waals surface area contributed by atoms with Crippen molar-refractivity contribution in [1.82, 2.24) is 9.97 Å². The lowest BCUT2D eigenvalue weighted by molar-refractivity contribution is 0.101. The van der Waals surface area contributed by atoms with Gasteiger partial charge in [-0.05, 0) is 47.4 Å². The van der Waals surface area contributed by atoms with Crippen LogP contribution in [0.25, 0.3) is 0 Å². The Hall–Kier alpha value is -4.39. The number of para-hydroxylation sites is 1. The van der Waals surface area contributed by atoms with E-state index in [1.807, 2.05) is 20.8 Å². The van der Waals surface area contributed by atoms with Crippen molar-refractivity contribution in [3.63, 3.8) is 0 Å². The summed E-state index contributed by atoms with van der Waals surface area (Å²) >= 11 is 6.36. The van der Waals surface area contributed by atoms with Gasteiger partial charge in [0.05, 0.1) is 23.6 Å². The first-order valence-electron chi connectivity index (χ1n) is 13.1. The monoisotopic (exact) mass is 626 g/mol. The minimum atomic E-state index is -4.27. The molecular weight excluding hydrogens is 596 g/mol. The minimum Gasteiger partial charge on any atom is -0.497 e. The van der Waals surface area contributed by atoms with E-state index in [2.05, 4.69) is 20.0 Å². The summed E-state index contributed by atoms with van der Waals surface area (Å²) in [5.74, 6) is -1.73. The predicted molar refractivity (Wildman–Crippen MR) is 163 cm³/mol. The molecule has 13 heteroatoms. The van der Waals surface area contributed by atoms with Gasteiger partial charge in [0.15, 0.2) is 5.82 Å². The number of rotatable bonds is 11. The van der Waals surface area contributed by atoms with Crippen LogP contribution in [0.2, 0.25) is 5.02 Å². The number of amides is 1.